The molecule has 2 aliphatic heterocycles. The average molecular weight is 489 g/mol. The van der Waals surface area contributed by atoms with Gasteiger partial charge in [0, 0.05) is 32.6 Å². The van der Waals surface area contributed by atoms with Crippen LogP contribution in [0.1, 0.15) is 24.4 Å². The number of nitrogens with zero attached hydrogens (tertiary/aromatic N) is 4. The van der Waals surface area contributed by atoms with Crippen molar-refractivity contribution in [1.82, 2.24) is 10.2 Å². The van der Waals surface area contributed by atoms with Crippen LogP contribution in [0.2, 0.25) is 0 Å². The minimum Gasteiger partial charge on any atom is -0.442 e. The van der Waals surface area contributed by atoms with Crippen molar-refractivity contribution in [3.63, 3.8) is 0 Å². The number of nitro groups is 1. The summed E-state index contributed by atoms with van der Waals surface area (Å²) in [6, 6.07) is 6.58. The Morgan fingerprint density at radius 3 is 2.63 bits per heavy atom. The summed E-state index contributed by atoms with van der Waals surface area (Å²) in [7, 11) is 0. The second kappa shape index (κ2) is 9.60. The van der Waals surface area contributed by atoms with E-state index in [1.807, 2.05) is 11.8 Å². The molecule has 0 aliphatic carbocycles. The molecule has 0 spiro atoms. The standard InChI is InChI=1S/C22H24FN5O7/c1-13-11-25(21(30)19-5-6-20(35-19)28(32)33)7-8-26(13)18-4-3-15(9-17(18)23)27-12-16(34-22(27)31)10-24-14(2)29/h3-6,9,13,16H,7-8,10-12H2,1-2H3,(H,24,29)/t13?,16-/m0/s1. The Kier molecular flexibility index (Phi) is 6.58. The fraction of sp³-hybridized carbons (Fsp3) is 0.409. The lowest BCUT2D eigenvalue weighted by Crippen LogP contribution is -2.54. The Hall–Kier alpha value is -4.16. The minimum absolute atomic E-state index is 0.123. The second-order valence-electron chi connectivity index (χ2n) is 8.38. The van der Waals surface area contributed by atoms with E-state index in [1.54, 1.807) is 12.1 Å². The molecular weight excluding hydrogens is 465 g/mol. The van der Waals surface area contributed by atoms with Gasteiger partial charge < -0.3 is 24.3 Å². The molecule has 0 saturated carbocycles. The summed E-state index contributed by atoms with van der Waals surface area (Å²) >= 11 is 0. The number of piperazine rings is 1. The maximum atomic E-state index is 15.1. The fourth-order valence-electron chi connectivity index (χ4n) is 4.19. The molecule has 1 N–H and O–H groups in total. The zero-order valence-electron chi connectivity index (χ0n) is 19.1. The van der Waals surface area contributed by atoms with E-state index in [0.717, 1.165) is 6.07 Å². The van der Waals surface area contributed by atoms with Crippen molar-refractivity contribution in [3.8, 4) is 0 Å². The number of rotatable bonds is 6. The summed E-state index contributed by atoms with van der Waals surface area (Å²) in [5, 5.41) is 13.4. The first-order chi connectivity index (χ1) is 16.6. The van der Waals surface area contributed by atoms with Crippen molar-refractivity contribution in [2.45, 2.75) is 26.0 Å². The first-order valence-electron chi connectivity index (χ1n) is 11.0. The van der Waals surface area contributed by atoms with Crippen LogP contribution in [-0.4, -0.2) is 72.6 Å². The Morgan fingerprint density at radius 2 is 2.00 bits per heavy atom. The van der Waals surface area contributed by atoms with Crippen LogP contribution >= 0.6 is 0 Å². The third kappa shape index (κ3) is 5.03. The Labute approximate surface area is 199 Å². The van der Waals surface area contributed by atoms with E-state index in [9.17, 15) is 24.5 Å². The van der Waals surface area contributed by atoms with Gasteiger partial charge in [0.25, 0.3) is 5.91 Å². The molecule has 0 bridgehead atoms. The van der Waals surface area contributed by atoms with Gasteiger partial charge in [0.1, 0.15) is 16.8 Å². The summed E-state index contributed by atoms with van der Waals surface area (Å²) in [5.74, 6) is -1.88. The number of anilines is 2. The molecule has 2 fully saturated rings. The number of hydrogen-bond donors (Lipinski definition) is 1. The number of halogens is 1. The van der Waals surface area contributed by atoms with Crippen molar-refractivity contribution < 1.29 is 32.9 Å². The zero-order valence-corrected chi connectivity index (χ0v) is 19.1. The third-order valence-corrected chi connectivity index (χ3v) is 5.90. The van der Waals surface area contributed by atoms with Crippen LogP contribution in [0.25, 0.3) is 0 Å². The van der Waals surface area contributed by atoms with E-state index in [-0.39, 0.29) is 43.9 Å². The highest BCUT2D eigenvalue weighted by molar-refractivity contribution is 5.92. The monoisotopic (exact) mass is 489 g/mol. The highest BCUT2D eigenvalue weighted by Crippen LogP contribution is 2.30. The van der Waals surface area contributed by atoms with Crippen LogP contribution in [0.5, 0.6) is 0 Å². The number of hydrogen-bond acceptors (Lipinski definition) is 8. The Morgan fingerprint density at radius 1 is 1.23 bits per heavy atom. The highest BCUT2D eigenvalue weighted by atomic mass is 19.1. The van der Waals surface area contributed by atoms with Crippen molar-refractivity contribution in [3.05, 3.63) is 52.0 Å². The predicted molar refractivity (Wildman–Crippen MR) is 121 cm³/mol. The molecule has 4 rings (SSSR count). The van der Waals surface area contributed by atoms with Gasteiger partial charge in [-0.3, -0.25) is 24.6 Å². The molecule has 2 aromatic rings. The van der Waals surface area contributed by atoms with Gasteiger partial charge in [-0.25, -0.2) is 9.18 Å². The van der Waals surface area contributed by atoms with E-state index >= 15 is 4.39 Å². The van der Waals surface area contributed by atoms with Crippen molar-refractivity contribution >= 4 is 35.2 Å². The molecule has 3 amide bonds. The van der Waals surface area contributed by atoms with Crippen LogP contribution in [0, 0.1) is 15.9 Å². The van der Waals surface area contributed by atoms with Gasteiger partial charge in [0.15, 0.2) is 5.76 Å². The molecule has 2 atom stereocenters. The predicted octanol–water partition coefficient (Wildman–Crippen LogP) is 2.14. The lowest BCUT2D eigenvalue weighted by molar-refractivity contribution is -0.402. The summed E-state index contributed by atoms with van der Waals surface area (Å²) in [6.07, 6.45) is -1.15. The molecule has 2 saturated heterocycles. The Bertz CT molecular complexity index is 1170. The van der Waals surface area contributed by atoms with Gasteiger partial charge >= 0.3 is 12.0 Å². The normalized spacial score (nSPS) is 20.1. The molecule has 3 heterocycles. The maximum absolute atomic E-state index is 15.1. The van der Waals surface area contributed by atoms with Gasteiger partial charge in [0.05, 0.1) is 30.5 Å². The van der Waals surface area contributed by atoms with Crippen LogP contribution < -0.4 is 15.1 Å². The van der Waals surface area contributed by atoms with E-state index in [4.69, 9.17) is 9.15 Å². The van der Waals surface area contributed by atoms with E-state index in [0.29, 0.717) is 17.9 Å². The number of cyclic esters (lactones) is 1. The maximum Gasteiger partial charge on any atom is 0.433 e. The molecular formula is C22H24FN5O7. The van der Waals surface area contributed by atoms with Crippen molar-refractivity contribution in [2.24, 2.45) is 0 Å². The van der Waals surface area contributed by atoms with E-state index < -0.39 is 34.7 Å². The van der Waals surface area contributed by atoms with Crippen LogP contribution in [0.15, 0.2) is 34.7 Å². The molecule has 0 radical (unpaired) electrons. The van der Waals surface area contributed by atoms with Crippen molar-refractivity contribution in [2.75, 3.05) is 42.5 Å². The molecule has 35 heavy (non-hydrogen) atoms. The van der Waals surface area contributed by atoms with Crippen molar-refractivity contribution in [1.29, 1.82) is 0 Å². The first kappa shape index (κ1) is 24.0. The lowest BCUT2D eigenvalue weighted by atomic mass is 10.1. The molecule has 1 aromatic carbocycles. The largest absolute Gasteiger partial charge is 0.442 e. The first-order valence-corrected chi connectivity index (χ1v) is 11.0. The fourth-order valence-corrected chi connectivity index (χ4v) is 4.19. The topological polar surface area (TPSA) is 138 Å². The third-order valence-electron chi connectivity index (χ3n) is 5.90. The van der Waals surface area contributed by atoms with Crippen LogP contribution in [-0.2, 0) is 9.53 Å². The quantitative estimate of drug-likeness (QED) is 0.481. The van der Waals surface area contributed by atoms with Crippen LogP contribution in [0.3, 0.4) is 0 Å². The molecule has 2 aliphatic rings. The lowest BCUT2D eigenvalue weighted by Gasteiger charge is -2.41. The number of furan rings is 1. The number of benzene rings is 1. The molecule has 1 unspecified atom stereocenters. The summed E-state index contributed by atoms with van der Waals surface area (Å²) in [6.45, 7) is 4.41. The zero-order chi connectivity index (χ0) is 25.3. The number of carbonyl (C=O) groups excluding carboxylic acids is 3. The van der Waals surface area contributed by atoms with Gasteiger partial charge in [-0.15, -0.1) is 0 Å². The number of nitrogens with one attached hydrogen (secondary N) is 1. The van der Waals surface area contributed by atoms with Gasteiger partial charge in [-0.1, -0.05) is 0 Å². The number of carbonyl (C=O) groups is 3. The molecule has 13 heteroatoms. The smallest absolute Gasteiger partial charge is 0.433 e. The second-order valence-corrected chi connectivity index (χ2v) is 8.38. The Balaban J connectivity index is 1.41. The van der Waals surface area contributed by atoms with Gasteiger partial charge in [-0.05, 0) is 31.2 Å². The highest BCUT2D eigenvalue weighted by Gasteiger charge is 2.34. The number of amides is 3. The summed E-state index contributed by atoms with van der Waals surface area (Å²) in [4.78, 5) is 50.7. The number of ether oxygens (including phenoxy) is 1. The van der Waals surface area contributed by atoms with E-state index in [1.165, 1.54) is 28.9 Å². The molecule has 1 aromatic heterocycles. The SMILES string of the molecule is CC(=O)NC[C@H]1CN(c2ccc(N3CCN(C(=O)c4ccc([N+](=O)[O-])o4)CC3C)c(F)c2)C(=O)O1. The van der Waals surface area contributed by atoms with Gasteiger partial charge in [0.2, 0.25) is 5.91 Å². The average Bonchev–Trinajstić information content (AvgIpc) is 3.44. The molecule has 12 nitrogen and oxygen atoms in total. The van der Waals surface area contributed by atoms with Crippen LogP contribution in [0.4, 0.5) is 26.4 Å². The van der Waals surface area contributed by atoms with Gasteiger partial charge in [-0.2, -0.15) is 0 Å². The van der Waals surface area contributed by atoms with E-state index in [2.05, 4.69) is 5.32 Å². The molecule has 186 valence electrons. The summed E-state index contributed by atoms with van der Waals surface area (Å²) in [5.41, 5.74) is 0.659. The minimum atomic E-state index is -0.713. The summed E-state index contributed by atoms with van der Waals surface area (Å²) < 4.78 is 25.3.